The fourth-order valence-corrected chi connectivity index (χ4v) is 1.94. The van der Waals surface area contributed by atoms with Crippen LogP contribution in [-0.2, 0) is 5.60 Å². The molecule has 0 fully saturated rings. The maximum Gasteiger partial charge on any atom is 0.251 e. The molecule has 2 rings (SSSR count). The fourth-order valence-electron chi connectivity index (χ4n) is 1.76. The lowest BCUT2D eigenvalue weighted by atomic mass is 10.0. The van der Waals surface area contributed by atoms with Crippen molar-refractivity contribution in [1.82, 2.24) is 5.32 Å². The van der Waals surface area contributed by atoms with Crippen molar-refractivity contribution >= 4 is 17.5 Å². The first kappa shape index (κ1) is 14.6. The number of aliphatic hydroxyl groups is 1. The van der Waals surface area contributed by atoms with Crippen LogP contribution in [0.15, 0.2) is 41.0 Å². The molecule has 5 heteroatoms. The third-order valence-electron chi connectivity index (χ3n) is 3.08. The van der Waals surface area contributed by atoms with Crippen LogP contribution in [-0.4, -0.2) is 17.6 Å². The Hall–Kier alpha value is -1.78. The Kier molecular flexibility index (Phi) is 4.16. The van der Waals surface area contributed by atoms with Crippen molar-refractivity contribution in [3.63, 3.8) is 0 Å². The van der Waals surface area contributed by atoms with E-state index in [0.29, 0.717) is 16.3 Å². The molecule has 1 aromatic carbocycles. The van der Waals surface area contributed by atoms with Gasteiger partial charge in [0.15, 0.2) is 0 Å². The quantitative estimate of drug-likeness (QED) is 0.911. The van der Waals surface area contributed by atoms with Gasteiger partial charge in [0.2, 0.25) is 0 Å². The number of halogens is 1. The molecule has 0 spiro atoms. The van der Waals surface area contributed by atoms with Crippen LogP contribution in [0.25, 0.3) is 0 Å². The van der Waals surface area contributed by atoms with Crippen molar-refractivity contribution < 1.29 is 14.3 Å². The number of aryl methyl sites for hydroxylation is 1. The summed E-state index contributed by atoms with van der Waals surface area (Å²) in [5.41, 5.74) is 0.106. The molecule has 0 aliphatic carbocycles. The van der Waals surface area contributed by atoms with Crippen molar-refractivity contribution in [2.24, 2.45) is 0 Å². The minimum Gasteiger partial charge on any atom is -0.466 e. The highest BCUT2D eigenvalue weighted by Gasteiger charge is 2.26. The topological polar surface area (TPSA) is 62.5 Å². The van der Waals surface area contributed by atoms with Crippen molar-refractivity contribution in [2.75, 3.05) is 6.54 Å². The van der Waals surface area contributed by atoms with Gasteiger partial charge < -0.3 is 14.8 Å². The van der Waals surface area contributed by atoms with Gasteiger partial charge in [-0.3, -0.25) is 4.79 Å². The van der Waals surface area contributed by atoms with E-state index < -0.39 is 5.60 Å². The predicted octanol–water partition coefficient (Wildman–Crippen LogP) is 2.88. The molecule has 1 unspecified atom stereocenters. The number of furan rings is 1. The van der Waals surface area contributed by atoms with E-state index in [9.17, 15) is 9.90 Å². The number of rotatable bonds is 4. The lowest BCUT2D eigenvalue weighted by molar-refractivity contribution is 0.0330. The van der Waals surface area contributed by atoms with Gasteiger partial charge in [-0.25, -0.2) is 0 Å². The van der Waals surface area contributed by atoms with E-state index in [1.807, 2.05) is 6.92 Å². The number of hydrogen-bond donors (Lipinski definition) is 2. The maximum atomic E-state index is 12.0. The number of hydrogen-bond acceptors (Lipinski definition) is 3. The first-order valence-electron chi connectivity index (χ1n) is 6.21. The second kappa shape index (κ2) is 5.69. The van der Waals surface area contributed by atoms with E-state index in [4.69, 9.17) is 16.0 Å². The number of amides is 1. The minimum absolute atomic E-state index is 0.0465. The molecule has 0 aliphatic rings. The molecule has 1 aromatic heterocycles. The Morgan fingerprint density at radius 2 is 2.20 bits per heavy atom. The normalized spacial score (nSPS) is 13.8. The van der Waals surface area contributed by atoms with E-state index in [-0.39, 0.29) is 12.5 Å². The zero-order chi connectivity index (χ0) is 14.8. The van der Waals surface area contributed by atoms with Crippen LogP contribution < -0.4 is 5.32 Å². The second-order valence-corrected chi connectivity index (χ2v) is 5.30. The molecular formula is C15H16ClNO3. The summed E-state index contributed by atoms with van der Waals surface area (Å²) >= 11 is 5.98. The molecule has 0 bridgehead atoms. The standard InChI is InChI=1S/C15H16ClNO3/c1-10-5-6-11(8-12(10)16)14(18)17-9-15(2,19)13-4-3-7-20-13/h3-8,19H,9H2,1-2H3,(H,17,18). The number of nitrogens with one attached hydrogen (secondary N) is 1. The number of benzene rings is 1. The maximum absolute atomic E-state index is 12.0. The molecule has 106 valence electrons. The Morgan fingerprint density at radius 1 is 1.45 bits per heavy atom. The smallest absolute Gasteiger partial charge is 0.251 e. The minimum atomic E-state index is -1.26. The van der Waals surface area contributed by atoms with Crippen LogP contribution in [0.2, 0.25) is 5.02 Å². The summed E-state index contributed by atoms with van der Waals surface area (Å²) in [6, 6.07) is 8.42. The Balaban J connectivity index is 2.03. The van der Waals surface area contributed by atoms with E-state index in [2.05, 4.69) is 5.32 Å². The van der Waals surface area contributed by atoms with E-state index in [0.717, 1.165) is 5.56 Å². The third kappa shape index (κ3) is 3.21. The van der Waals surface area contributed by atoms with Crippen molar-refractivity contribution in [1.29, 1.82) is 0 Å². The summed E-state index contributed by atoms with van der Waals surface area (Å²) in [4.78, 5) is 12.0. The van der Waals surface area contributed by atoms with Gasteiger partial charge in [0.05, 0.1) is 12.8 Å². The molecule has 0 radical (unpaired) electrons. The molecule has 0 aliphatic heterocycles. The summed E-state index contributed by atoms with van der Waals surface area (Å²) in [7, 11) is 0. The van der Waals surface area contributed by atoms with Gasteiger partial charge in [-0.2, -0.15) is 0 Å². The molecule has 1 amide bonds. The summed E-state index contributed by atoms with van der Waals surface area (Å²) in [5.74, 6) is 0.110. The summed E-state index contributed by atoms with van der Waals surface area (Å²) < 4.78 is 5.15. The first-order valence-corrected chi connectivity index (χ1v) is 6.58. The number of carbonyl (C=O) groups excluding carboxylic acids is 1. The molecule has 1 heterocycles. The molecule has 0 saturated heterocycles. The highest BCUT2D eigenvalue weighted by molar-refractivity contribution is 6.31. The van der Waals surface area contributed by atoms with Crippen molar-refractivity contribution in [3.8, 4) is 0 Å². The van der Waals surface area contributed by atoms with Crippen LogP contribution >= 0.6 is 11.6 Å². The van der Waals surface area contributed by atoms with Crippen LogP contribution in [0.3, 0.4) is 0 Å². The highest BCUT2D eigenvalue weighted by Crippen LogP contribution is 2.20. The van der Waals surface area contributed by atoms with E-state index in [1.54, 1.807) is 37.3 Å². The van der Waals surface area contributed by atoms with Gasteiger partial charge in [0, 0.05) is 10.6 Å². The molecular weight excluding hydrogens is 278 g/mol. The fraction of sp³-hybridized carbons (Fsp3) is 0.267. The van der Waals surface area contributed by atoms with Crippen LogP contribution in [0.4, 0.5) is 0 Å². The van der Waals surface area contributed by atoms with Crippen LogP contribution in [0.1, 0.15) is 28.6 Å². The summed E-state index contributed by atoms with van der Waals surface area (Å²) in [5, 5.41) is 13.4. The van der Waals surface area contributed by atoms with Crippen LogP contribution in [0.5, 0.6) is 0 Å². The number of carbonyl (C=O) groups is 1. The zero-order valence-corrected chi connectivity index (χ0v) is 12.1. The van der Waals surface area contributed by atoms with Gasteiger partial charge >= 0.3 is 0 Å². The molecule has 20 heavy (non-hydrogen) atoms. The molecule has 0 saturated carbocycles. The van der Waals surface area contributed by atoms with E-state index >= 15 is 0 Å². The molecule has 1 atom stereocenters. The molecule has 2 aromatic rings. The monoisotopic (exact) mass is 293 g/mol. The van der Waals surface area contributed by atoms with Crippen molar-refractivity contribution in [3.05, 3.63) is 58.5 Å². The zero-order valence-electron chi connectivity index (χ0n) is 11.3. The van der Waals surface area contributed by atoms with Crippen LogP contribution in [0, 0.1) is 6.92 Å². The predicted molar refractivity (Wildman–Crippen MR) is 76.8 cm³/mol. The first-order chi connectivity index (χ1) is 9.40. The van der Waals surface area contributed by atoms with E-state index in [1.165, 1.54) is 6.26 Å². The Bertz CT molecular complexity index is 606. The highest BCUT2D eigenvalue weighted by atomic mass is 35.5. The van der Waals surface area contributed by atoms with Crippen molar-refractivity contribution in [2.45, 2.75) is 19.4 Å². The average molecular weight is 294 g/mol. The second-order valence-electron chi connectivity index (χ2n) is 4.90. The lowest BCUT2D eigenvalue weighted by Gasteiger charge is -2.21. The van der Waals surface area contributed by atoms with Gasteiger partial charge in [-0.15, -0.1) is 0 Å². The summed E-state index contributed by atoms with van der Waals surface area (Å²) in [6.45, 7) is 3.49. The molecule has 4 nitrogen and oxygen atoms in total. The van der Waals surface area contributed by atoms with Gasteiger partial charge in [-0.05, 0) is 43.7 Å². The average Bonchev–Trinajstić information content (AvgIpc) is 2.94. The van der Waals surface area contributed by atoms with Gasteiger partial charge in [-0.1, -0.05) is 17.7 Å². The largest absolute Gasteiger partial charge is 0.466 e. The lowest BCUT2D eigenvalue weighted by Crippen LogP contribution is -2.38. The molecule has 2 N–H and O–H groups in total. The third-order valence-corrected chi connectivity index (χ3v) is 3.49. The van der Waals surface area contributed by atoms with Gasteiger partial charge in [0.1, 0.15) is 11.4 Å². The van der Waals surface area contributed by atoms with Gasteiger partial charge in [0.25, 0.3) is 5.91 Å². The SMILES string of the molecule is Cc1ccc(C(=O)NCC(C)(O)c2ccco2)cc1Cl. The Morgan fingerprint density at radius 3 is 2.80 bits per heavy atom. The summed E-state index contributed by atoms with van der Waals surface area (Å²) in [6.07, 6.45) is 1.48. The Labute approximate surface area is 122 Å².